The van der Waals surface area contributed by atoms with Crippen molar-refractivity contribution in [3.63, 3.8) is 0 Å². The van der Waals surface area contributed by atoms with E-state index in [-0.39, 0.29) is 5.91 Å². The second kappa shape index (κ2) is 7.76. The molecule has 0 aliphatic heterocycles. The van der Waals surface area contributed by atoms with Gasteiger partial charge in [0.2, 0.25) is 0 Å². The van der Waals surface area contributed by atoms with E-state index in [2.05, 4.69) is 5.43 Å². The van der Waals surface area contributed by atoms with Crippen LogP contribution in [0.25, 0.3) is 10.8 Å². The third-order valence-corrected chi connectivity index (χ3v) is 3.51. The summed E-state index contributed by atoms with van der Waals surface area (Å²) in [6.45, 7) is 4.05. The summed E-state index contributed by atoms with van der Waals surface area (Å²) < 4.78 is 0. The highest BCUT2D eigenvalue weighted by Crippen LogP contribution is 2.19. The molecule has 4 heteroatoms. The van der Waals surface area contributed by atoms with E-state index in [9.17, 15) is 4.79 Å². The van der Waals surface area contributed by atoms with Crippen LogP contribution in [0.2, 0.25) is 0 Å². The Bertz CT molecular complexity index is 592. The molecule has 2 rings (SSSR count). The van der Waals surface area contributed by atoms with Crippen molar-refractivity contribution >= 4 is 16.7 Å². The van der Waals surface area contributed by atoms with Gasteiger partial charge in [-0.2, -0.15) is 0 Å². The maximum Gasteiger partial charge on any atom is 0.268 e. The predicted molar refractivity (Wildman–Crippen MR) is 86.9 cm³/mol. The van der Waals surface area contributed by atoms with Crippen LogP contribution in [-0.4, -0.2) is 30.6 Å². The Labute approximate surface area is 125 Å². The number of benzene rings is 2. The fourth-order valence-electron chi connectivity index (χ4n) is 2.37. The maximum atomic E-state index is 12.7. The molecule has 0 saturated heterocycles. The fraction of sp³-hybridized carbons (Fsp3) is 0.353. The molecule has 4 nitrogen and oxygen atoms in total. The van der Waals surface area contributed by atoms with Crippen LogP contribution < -0.4 is 11.2 Å². The maximum absolute atomic E-state index is 12.7. The van der Waals surface area contributed by atoms with E-state index in [1.165, 1.54) is 0 Å². The molecule has 0 unspecified atom stereocenters. The molecule has 0 aliphatic carbocycles. The minimum atomic E-state index is 0.0158. The number of rotatable bonds is 7. The molecule has 112 valence electrons. The van der Waals surface area contributed by atoms with Crippen molar-refractivity contribution in [1.82, 2.24) is 10.4 Å². The summed E-state index contributed by atoms with van der Waals surface area (Å²) in [6, 6.07) is 13.8. The largest absolute Gasteiger partial charge is 0.330 e. The molecule has 21 heavy (non-hydrogen) atoms. The lowest BCUT2D eigenvalue weighted by atomic mass is 10.0. The number of hydrogen-bond donors (Lipinski definition) is 2. The standard InChI is InChI=1S/C17H23N3O/c1-2-20(19-13-6-5-12-18)17(21)16-11-7-9-14-8-3-4-10-15(14)16/h3-4,7-11,19H,2,5-6,12-13,18H2,1H3. The van der Waals surface area contributed by atoms with Gasteiger partial charge in [-0.05, 0) is 43.1 Å². The Balaban J connectivity index is 2.16. The lowest BCUT2D eigenvalue weighted by Gasteiger charge is -2.22. The smallest absolute Gasteiger partial charge is 0.268 e. The number of nitrogens with one attached hydrogen (secondary N) is 1. The number of amides is 1. The van der Waals surface area contributed by atoms with Gasteiger partial charge in [-0.1, -0.05) is 36.4 Å². The average Bonchev–Trinajstić information content (AvgIpc) is 2.54. The first-order valence-corrected chi connectivity index (χ1v) is 7.51. The first-order chi connectivity index (χ1) is 10.3. The molecule has 0 heterocycles. The molecular formula is C17H23N3O. The summed E-state index contributed by atoms with van der Waals surface area (Å²) in [5, 5.41) is 3.76. The summed E-state index contributed by atoms with van der Waals surface area (Å²) in [5.74, 6) is 0.0158. The van der Waals surface area contributed by atoms with E-state index in [1.807, 2.05) is 49.4 Å². The Hall–Kier alpha value is -1.91. The Kier molecular flexibility index (Phi) is 5.72. The lowest BCUT2D eigenvalue weighted by molar-refractivity contribution is 0.0673. The number of carbonyl (C=O) groups is 1. The Morgan fingerprint density at radius 3 is 2.67 bits per heavy atom. The summed E-state index contributed by atoms with van der Waals surface area (Å²) in [4.78, 5) is 12.7. The average molecular weight is 285 g/mol. The van der Waals surface area contributed by atoms with E-state index < -0.39 is 0 Å². The molecule has 2 aromatic rings. The van der Waals surface area contributed by atoms with Crippen molar-refractivity contribution in [2.75, 3.05) is 19.6 Å². The number of nitrogens with zero attached hydrogens (tertiary/aromatic N) is 1. The van der Waals surface area contributed by atoms with E-state index in [1.54, 1.807) is 5.01 Å². The van der Waals surface area contributed by atoms with Crippen molar-refractivity contribution in [3.8, 4) is 0 Å². The van der Waals surface area contributed by atoms with Gasteiger partial charge in [0.1, 0.15) is 0 Å². The van der Waals surface area contributed by atoms with Gasteiger partial charge in [0.05, 0.1) is 0 Å². The molecule has 2 aromatic carbocycles. The molecule has 0 aromatic heterocycles. The van der Waals surface area contributed by atoms with Gasteiger partial charge in [0, 0.05) is 18.7 Å². The number of nitrogens with two attached hydrogens (primary N) is 1. The third-order valence-electron chi connectivity index (χ3n) is 3.51. The zero-order valence-corrected chi connectivity index (χ0v) is 12.5. The van der Waals surface area contributed by atoms with Gasteiger partial charge >= 0.3 is 0 Å². The molecule has 0 radical (unpaired) electrons. The molecule has 0 atom stereocenters. The van der Waals surface area contributed by atoms with E-state index in [0.717, 1.165) is 35.7 Å². The number of hydrogen-bond acceptors (Lipinski definition) is 3. The van der Waals surface area contributed by atoms with Gasteiger partial charge in [-0.3, -0.25) is 9.80 Å². The fourth-order valence-corrected chi connectivity index (χ4v) is 2.37. The monoisotopic (exact) mass is 285 g/mol. The van der Waals surface area contributed by atoms with E-state index in [0.29, 0.717) is 13.1 Å². The molecule has 0 aliphatic rings. The summed E-state index contributed by atoms with van der Waals surface area (Å²) >= 11 is 0. The van der Waals surface area contributed by atoms with E-state index in [4.69, 9.17) is 5.73 Å². The van der Waals surface area contributed by atoms with Crippen LogP contribution in [0.3, 0.4) is 0 Å². The van der Waals surface area contributed by atoms with Crippen LogP contribution in [0, 0.1) is 0 Å². The molecule has 1 amide bonds. The van der Waals surface area contributed by atoms with Crippen LogP contribution in [0.5, 0.6) is 0 Å². The molecule has 0 spiro atoms. The Morgan fingerprint density at radius 2 is 1.90 bits per heavy atom. The van der Waals surface area contributed by atoms with Gasteiger partial charge in [-0.25, -0.2) is 5.43 Å². The quantitative estimate of drug-likeness (QED) is 0.607. The van der Waals surface area contributed by atoms with E-state index >= 15 is 0 Å². The second-order valence-electron chi connectivity index (χ2n) is 4.98. The van der Waals surface area contributed by atoms with Crippen molar-refractivity contribution in [1.29, 1.82) is 0 Å². The van der Waals surface area contributed by atoms with Gasteiger partial charge in [0.15, 0.2) is 0 Å². The number of carbonyl (C=O) groups excluding carboxylic acids is 1. The minimum Gasteiger partial charge on any atom is -0.330 e. The second-order valence-corrected chi connectivity index (χ2v) is 4.98. The third kappa shape index (κ3) is 3.80. The molecule has 0 fully saturated rings. The van der Waals surface area contributed by atoms with Crippen LogP contribution in [0.1, 0.15) is 30.1 Å². The number of unbranched alkanes of at least 4 members (excludes halogenated alkanes) is 1. The van der Waals surface area contributed by atoms with Crippen LogP contribution >= 0.6 is 0 Å². The minimum absolute atomic E-state index is 0.0158. The zero-order valence-electron chi connectivity index (χ0n) is 12.5. The SMILES string of the molecule is CCN(NCCCCN)C(=O)c1cccc2ccccc12. The first kappa shape index (κ1) is 15.5. The van der Waals surface area contributed by atoms with Crippen molar-refractivity contribution in [2.45, 2.75) is 19.8 Å². The highest BCUT2D eigenvalue weighted by atomic mass is 16.2. The van der Waals surface area contributed by atoms with Gasteiger partial charge in [0.25, 0.3) is 5.91 Å². The summed E-state index contributed by atoms with van der Waals surface area (Å²) in [6.07, 6.45) is 1.93. The highest BCUT2D eigenvalue weighted by Gasteiger charge is 2.15. The van der Waals surface area contributed by atoms with Crippen molar-refractivity contribution < 1.29 is 4.79 Å². The topological polar surface area (TPSA) is 58.4 Å². The predicted octanol–water partition coefficient (Wildman–Crippen LogP) is 2.55. The first-order valence-electron chi connectivity index (χ1n) is 7.51. The van der Waals surface area contributed by atoms with Gasteiger partial charge < -0.3 is 5.73 Å². The lowest BCUT2D eigenvalue weighted by Crippen LogP contribution is -2.43. The van der Waals surface area contributed by atoms with Crippen LogP contribution in [0.4, 0.5) is 0 Å². The van der Waals surface area contributed by atoms with Crippen LogP contribution in [0.15, 0.2) is 42.5 Å². The van der Waals surface area contributed by atoms with Crippen molar-refractivity contribution in [2.24, 2.45) is 5.73 Å². The molecular weight excluding hydrogens is 262 g/mol. The number of hydrazine groups is 1. The molecule has 0 bridgehead atoms. The highest BCUT2D eigenvalue weighted by molar-refractivity contribution is 6.06. The normalized spacial score (nSPS) is 10.8. The summed E-state index contributed by atoms with van der Waals surface area (Å²) in [5.41, 5.74) is 9.42. The van der Waals surface area contributed by atoms with Crippen LogP contribution in [-0.2, 0) is 0 Å². The molecule has 3 N–H and O–H groups in total. The summed E-state index contributed by atoms with van der Waals surface area (Å²) in [7, 11) is 0. The van der Waals surface area contributed by atoms with Crippen molar-refractivity contribution in [3.05, 3.63) is 48.0 Å². The number of fused-ring (bicyclic) bond motifs is 1. The Morgan fingerprint density at radius 1 is 1.14 bits per heavy atom. The molecule has 0 saturated carbocycles. The van der Waals surface area contributed by atoms with Gasteiger partial charge in [-0.15, -0.1) is 0 Å². The zero-order chi connectivity index (χ0) is 15.1.